The molecule has 0 aliphatic heterocycles. The van der Waals surface area contributed by atoms with E-state index >= 15 is 0 Å². The van der Waals surface area contributed by atoms with Crippen LogP contribution in [-0.2, 0) is 20.8 Å². The van der Waals surface area contributed by atoms with Crippen LogP contribution in [0.25, 0.3) is 0 Å². The number of hydrogen-bond donors (Lipinski definition) is 5. The molecule has 0 saturated carbocycles. The van der Waals surface area contributed by atoms with Crippen molar-refractivity contribution in [2.45, 2.75) is 25.8 Å². The van der Waals surface area contributed by atoms with Gasteiger partial charge in [0.15, 0.2) is 11.6 Å². The monoisotopic (exact) mass is 465 g/mol. The first-order valence-corrected chi connectivity index (χ1v) is 9.99. The summed E-state index contributed by atoms with van der Waals surface area (Å²) in [5, 5.41) is 27.2. The Morgan fingerprint density at radius 3 is 2.47 bits per heavy atom. The van der Waals surface area contributed by atoms with Crippen molar-refractivity contribution in [3.8, 4) is 5.75 Å². The van der Waals surface area contributed by atoms with Crippen LogP contribution in [0.15, 0.2) is 30.3 Å². The molecular formula is C20H20FN3O7S. The highest BCUT2D eigenvalue weighted by Crippen LogP contribution is 2.24. The standard InChI is InChI=1S/C20H20FN3O7S/c1-9(18(27)24-13(19(28)29)8-16(25)26)6-11-3-5-15(32-11)20(30)31-14-4-2-10(17(22)23)7-12(14)21/h2-5,7,9,13H,6,8H2,1H3,(H3,22,23)(H,24,27)(H,25,26)(H,28,29)/t9?,13-/m0/s1. The van der Waals surface area contributed by atoms with E-state index in [1.807, 2.05) is 0 Å². The second-order valence-corrected chi connectivity index (χ2v) is 7.99. The smallest absolute Gasteiger partial charge is 0.353 e. The lowest BCUT2D eigenvalue weighted by molar-refractivity contribution is -0.147. The fourth-order valence-corrected chi connectivity index (χ4v) is 3.59. The molecule has 12 heteroatoms. The van der Waals surface area contributed by atoms with Gasteiger partial charge in [0.25, 0.3) is 0 Å². The molecular weight excluding hydrogens is 445 g/mol. The van der Waals surface area contributed by atoms with Crippen LogP contribution in [0.3, 0.4) is 0 Å². The molecule has 32 heavy (non-hydrogen) atoms. The quantitative estimate of drug-likeness (QED) is 0.152. The van der Waals surface area contributed by atoms with Gasteiger partial charge in [0.05, 0.1) is 6.42 Å². The van der Waals surface area contributed by atoms with Crippen LogP contribution in [0.5, 0.6) is 5.75 Å². The number of carbonyl (C=O) groups excluding carboxylic acids is 2. The second-order valence-electron chi connectivity index (χ2n) is 6.82. The number of carboxylic acids is 2. The Balaban J connectivity index is 2.00. The zero-order valence-electron chi connectivity index (χ0n) is 16.8. The van der Waals surface area contributed by atoms with E-state index in [2.05, 4.69) is 5.32 Å². The topological polar surface area (TPSA) is 180 Å². The van der Waals surface area contributed by atoms with Gasteiger partial charge in [-0.1, -0.05) is 6.92 Å². The number of nitrogens with one attached hydrogen (secondary N) is 2. The van der Waals surface area contributed by atoms with E-state index in [0.717, 1.165) is 17.4 Å². The van der Waals surface area contributed by atoms with Crippen molar-refractivity contribution in [1.29, 1.82) is 5.41 Å². The highest BCUT2D eigenvalue weighted by Gasteiger charge is 2.26. The molecule has 0 aliphatic rings. The van der Waals surface area contributed by atoms with E-state index in [9.17, 15) is 23.6 Å². The average Bonchev–Trinajstić information content (AvgIpc) is 3.16. The number of benzene rings is 1. The highest BCUT2D eigenvalue weighted by atomic mass is 32.1. The maximum Gasteiger partial charge on any atom is 0.353 e. The van der Waals surface area contributed by atoms with Crippen LogP contribution in [0.2, 0.25) is 0 Å². The van der Waals surface area contributed by atoms with Gasteiger partial charge in [-0.05, 0) is 36.8 Å². The highest BCUT2D eigenvalue weighted by molar-refractivity contribution is 7.13. The van der Waals surface area contributed by atoms with Crippen LogP contribution in [0.1, 0.15) is 33.5 Å². The zero-order valence-corrected chi connectivity index (χ0v) is 17.6. The average molecular weight is 465 g/mol. The van der Waals surface area contributed by atoms with Crippen LogP contribution < -0.4 is 15.8 Å². The van der Waals surface area contributed by atoms with Crippen molar-refractivity contribution in [1.82, 2.24) is 5.32 Å². The Morgan fingerprint density at radius 1 is 1.22 bits per heavy atom. The van der Waals surface area contributed by atoms with Gasteiger partial charge in [-0.2, -0.15) is 0 Å². The van der Waals surface area contributed by atoms with Crippen LogP contribution in [0.4, 0.5) is 4.39 Å². The number of esters is 1. The largest absolute Gasteiger partial charge is 0.481 e. The lowest BCUT2D eigenvalue weighted by atomic mass is 10.0. The minimum absolute atomic E-state index is 0.140. The van der Waals surface area contributed by atoms with Gasteiger partial charge in [0.1, 0.15) is 16.8 Å². The SMILES string of the molecule is CC(Cc1ccc(C(=O)Oc2ccc(C(=N)N)cc2F)s1)C(=O)N[C@@H](CC(=O)O)C(=O)O. The first-order chi connectivity index (χ1) is 15.0. The third-order valence-corrected chi connectivity index (χ3v) is 5.34. The number of carboxylic acid groups (broad SMARTS) is 2. The van der Waals surface area contributed by atoms with Crippen molar-refractivity contribution in [2.75, 3.05) is 0 Å². The number of nitrogens with two attached hydrogens (primary N) is 1. The molecule has 10 nitrogen and oxygen atoms in total. The Hall–Kier alpha value is -3.80. The Morgan fingerprint density at radius 2 is 1.91 bits per heavy atom. The lowest BCUT2D eigenvalue weighted by Gasteiger charge is -2.16. The molecule has 0 bridgehead atoms. The van der Waals surface area contributed by atoms with Crippen molar-refractivity contribution in [2.24, 2.45) is 11.7 Å². The number of aliphatic carboxylic acids is 2. The fourth-order valence-electron chi connectivity index (χ4n) is 2.58. The molecule has 0 radical (unpaired) electrons. The molecule has 1 amide bonds. The van der Waals surface area contributed by atoms with Crippen LogP contribution >= 0.6 is 11.3 Å². The van der Waals surface area contributed by atoms with E-state index in [4.69, 9.17) is 26.1 Å². The molecule has 1 unspecified atom stereocenters. The number of carbonyl (C=O) groups is 4. The third-order valence-electron chi connectivity index (χ3n) is 4.26. The lowest BCUT2D eigenvalue weighted by Crippen LogP contribution is -2.44. The molecule has 0 spiro atoms. The Kier molecular flexibility index (Phi) is 8.02. The molecule has 6 N–H and O–H groups in total. The molecule has 1 aromatic heterocycles. The summed E-state index contributed by atoms with van der Waals surface area (Å²) in [6.07, 6.45) is -0.600. The molecule has 2 atom stereocenters. The summed E-state index contributed by atoms with van der Waals surface area (Å²) < 4.78 is 19.1. The third kappa shape index (κ3) is 6.60. The van der Waals surface area contributed by atoms with E-state index < -0.39 is 48.0 Å². The van der Waals surface area contributed by atoms with Crippen molar-refractivity contribution in [3.63, 3.8) is 0 Å². The van der Waals surface area contributed by atoms with E-state index in [0.29, 0.717) is 4.88 Å². The number of ether oxygens (including phenoxy) is 1. The fraction of sp³-hybridized carbons (Fsp3) is 0.250. The summed E-state index contributed by atoms with van der Waals surface area (Å²) in [6.45, 7) is 1.53. The van der Waals surface area contributed by atoms with E-state index in [-0.39, 0.29) is 28.4 Å². The maximum atomic E-state index is 14.0. The first-order valence-electron chi connectivity index (χ1n) is 9.17. The Labute approximate surface area is 185 Å². The minimum atomic E-state index is -1.55. The summed E-state index contributed by atoms with van der Waals surface area (Å²) in [6, 6.07) is 4.95. The number of hydrogen-bond acceptors (Lipinski definition) is 7. The van der Waals surface area contributed by atoms with Crippen molar-refractivity contribution in [3.05, 3.63) is 51.5 Å². The molecule has 2 rings (SSSR count). The van der Waals surface area contributed by atoms with Gasteiger partial charge in [-0.25, -0.2) is 14.0 Å². The molecule has 0 fully saturated rings. The van der Waals surface area contributed by atoms with E-state index in [1.54, 1.807) is 6.07 Å². The maximum absolute atomic E-state index is 14.0. The Bertz CT molecular complexity index is 1070. The predicted octanol–water partition coefficient (Wildman–Crippen LogP) is 1.61. The normalized spacial score (nSPS) is 12.4. The molecule has 170 valence electrons. The molecule has 0 saturated heterocycles. The zero-order chi connectivity index (χ0) is 24.0. The molecule has 1 aromatic carbocycles. The summed E-state index contributed by atoms with van der Waals surface area (Å²) in [7, 11) is 0. The van der Waals surface area contributed by atoms with Gasteiger partial charge in [0, 0.05) is 16.4 Å². The molecule has 2 aromatic rings. The predicted molar refractivity (Wildman–Crippen MR) is 111 cm³/mol. The minimum Gasteiger partial charge on any atom is -0.481 e. The number of amidine groups is 1. The van der Waals surface area contributed by atoms with Gasteiger partial charge in [-0.3, -0.25) is 15.0 Å². The number of rotatable bonds is 10. The van der Waals surface area contributed by atoms with Gasteiger partial charge < -0.3 is 26.0 Å². The van der Waals surface area contributed by atoms with Crippen LogP contribution in [-0.4, -0.2) is 45.9 Å². The summed E-state index contributed by atoms with van der Waals surface area (Å²) in [5.74, 6) is -6.52. The summed E-state index contributed by atoms with van der Waals surface area (Å²) in [5.41, 5.74) is 5.42. The molecule has 0 aliphatic carbocycles. The van der Waals surface area contributed by atoms with Crippen molar-refractivity contribution < 1.29 is 38.5 Å². The number of nitrogen functional groups attached to an aromatic ring is 1. The summed E-state index contributed by atoms with van der Waals surface area (Å²) >= 11 is 1.01. The second kappa shape index (κ2) is 10.5. The van der Waals surface area contributed by atoms with E-state index in [1.165, 1.54) is 25.1 Å². The van der Waals surface area contributed by atoms with Gasteiger partial charge in [0.2, 0.25) is 5.91 Å². The van der Waals surface area contributed by atoms with Gasteiger partial charge in [-0.15, -0.1) is 11.3 Å². The van der Waals surface area contributed by atoms with Crippen molar-refractivity contribution >= 4 is 41.0 Å². The van der Waals surface area contributed by atoms with Crippen LogP contribution in [0, 0.1) is 17.1 Å². The summed E-state index contributed by atoms with van der Waals surface area (Å²) in [4.78, 5) is 47.1. The number of amides is 1. The van der Waals surface area contributed by atoms with Gasteiger partial charge >= 0.3 is 17.9 Å². The molecule has 1 heterocycles. The number of halogens is 1. The first kappa shape index (κ1) is 24.5. The number of thiophene rings is 1.